The minimum absolute atomic E-state index is 0.187. The van der Waals surface area contributed by atoms with Gasteiger partial charge in [0.25, 0.3) is 0 Å². The van der Waals surface area contributed by atoms with Crippen molar-refractivity contribution >= 4 is 37.0 Å². The van der Waals surface area contributed by atoms with Crippen LogP contribution in [0, 0.1) is 0 Å². The Balaban J connectivity index is 0.989. The normalized spacial score (nSPS) is 14.3. The van der Waals surface area contributed by atoms with E-state index in [0.29, 0.717) is 49.9 Å². The van der Waals surface area contributed by atoms with Crippen molar-refractivity contribution < 1.29 is 14.6 Å². The molecule has 278 valence electrons. The zero-order chi connectivity index (χ0) is 35.7. The molecular formula is C33H53N14O3P. The maximum atomic E-state index is 12.5. The van der Waals surface area contributed by atoms with Gasteiger partial charge in [-0.15, -0.1) is 10.2 Å². The highest BCUT2D eigenvalue weighted by atomic mass is 31.2. The van der Waals surface area contributed by atoms with Crippen molar-refractivity contribution in [3.8, 4) is 0 Å². The molecule has 0 bridgehead atoms. The molecule has 9 N–H and O–H groups in total. The minimum atomic E-state index is -1.99. The predicted octanol–water partition coefficient (Wildman–Crippen LogP) is 1.85. The van der Waals surface area contributed by atoms with Gasteiger partial charge in [-0.3, -0.25) is 14.2 Å². The van der Waals surface area contributed by atoms with Gasteiger partial charge in [-0.25, -0.2) is 4.98 Å². The number of hydrogen-bond donors (Lipinski definition) is 8. The Hall–Kier alpha value is -3.86. The summed E-state index contributed by atoms with van der Waals surface area (Å²) in [6.07, 6.45) is 13.9. The third-order valence-corrected chi connectivity index (χ3v) is 9.41. The van der Waals surface area contributed by atoms with Crippen LogP contribution in [0.3, 0.4) is 0 Å². The Morgan fingerprint density at radius 3 is 2.43 bits per heavy atom. The molecule has 1 aliphatic carbocycles. The summed E-state index contributed by atoms with van der Waals surface area (Å²) < 4.78 is 3.39. The second-order valence-corrected chi connectivity index (χ2v) is 14.1. The Morgan fingerprint density at radius 1 is 0.882 bits per heavy atom. The standard InChI is InChI=1S/C33H53N14O3P/c34-29(32(48)38-21-26-24-47(45-42-26)19-20-51(49)50)12-6-16-37-31-28-11-4-5-13-30(28)40-33(41-31)39-22-27-23-46(44-43-27)18-8-15-35-14-7-17-36-25-9-2-1-3-10-25/h4-5,11,13,23-25,29,35-36,49-50H,1-3,6-10,12,14-22,34H2,(H,38,48)(H2,37,39,40,41)/t29-/m0/s1. The average Bonchev–Trinajstić information content (AvgIpc) is 3.81. The summed E-state index contributed by atoms with van der Waals surface area (Å²) in [5, 5.41) is 34.1. The number of benzene rings is 1. The van der Waals surface area contributed by atoms with E-state index in [1.807, 2.05) is 35.1 Å². The number of nitrogens with zero attached hydrogens (tertiary/aromatic N) is 8. The minimum Gasteiger partial charge on any atom is -0.369 e. The molecule has 0 spiro atoms. The molecule has 5 rings (SSSR count). The van der Waals surface area contributed by atoms with Crippen LogP contribution in [-0.2, 0) is 31.0 Å². The van der Waals surface area contributed by atoms with E-state index in [1.54, 1.807) is 6.20 Å². The molecule has 4 aromatic rings. The third-order valence-electron chi connectivity index (χ3n) is 8.81. The number of nitrogens with two attached hydrogens (primary N) is 1. The fourth-order valence-corrected chi connectivity index (χ4v) is 6.38. The number of aromatic nitrogens is 8. The van der Waals surface area contributed by atoms with Crippen molar-refractivity contribution in [3.05, 3.63) is 48.0 Å². The molecule has 0 unspecified atom stereocenters. The molecule has 1 atom stereocenters. The highest BCUT2D eigenvalue weighted by molar-refractivity contribution is 7.45. The van der Waals surface area contributed by atoms with Crippen LogP contribution in [0.2, 0.25) is 0 Å². The zero-order valence-corrected chi connectivity index (χ0v) is 30.1. The van der Waals surface area contributed by atoms with Crippen molar-refractivity contribution in [2.24, 2.45) is 5.73 Å². The number of nitrogens with one attached hydrogen (secondary N) is 5. The lowest BCUT2D eigenvalue weighted by Crippen LogP contribution is -2.40. The van der Waals surface area contributed by atoms with E-state index in [9.17, 15) is 4.79 Å². The largest absolute Gasteiger partial charge is 0.369 e. The van der Waals surface area contributed by atoms with Gasteiger partial charge in [0, 0.05) is 30.7 Å². The Bertz CT molecular complexity index is 1610. The van der Waals surface area contributed by atoms with Gasteiger partial charge < -0.3 is 42.1 Å². The molecule has 1 amide bonds. The van der Waals surface area contributed by atoms with Gasteiger partial charge in [-0.2, -0.15) is 4.98 Å². The second-order valence-electron chi connectivity index (χ2n) is 12.9. The molecule has 0 saturated heterocycles. The number of anilines is 2. The van der Waals surface area contributed by atoms with Crippen LogP contribution in [-0.4, -0.2) is 100 Å². The van der Waals surface area contributed by atoms with E-state index >= 15 is 0 Å². The van der Waals surface area contributed by atoms with Gasteiger partial charge in [0.05, 0.1) is 43.6 Å². The summed E-state index contributed by atoms with van der Waals surface area (Å²) >= 11 is 0. The van der Waals surface area contributed by atoms with Gasteiger partial charge in [-0.05, 0) is 70.3 Å². The highest BCUT2D eigenvalue weighted by Crippen LogP contribution is 2.23. The molecule has 1 saturated carbocycles. The molecule has 18 heteroatoms. The first-order valence-electron chi connectivity index (χ1n) is 18.1. The van der Waals surface area contributed by atoms with Gasteiger partial charge in [0.15, 0.2) is 8.38 Å². The highest BCUT2D eigenvalue weighted by Gasteiger charge is 2.15. The van der Waals surface area contributed by atoms with Gasteiger partial charge >= 0.3 is 0 Å². The molecule has 1 aromatic carbocycles. The number of carbonyl (C=O) groups is 1. The Labute approximate surface area is 299 Å². The summed E-state index contributed by atoms with van der Waals surface area (Å²) in [5.41, 5.74) is 8.32. The molecule has 17 nitrogen and oxygen atoms in total. The van der Waals surface area contributed by atoms with Gasteiger partial charge in [0.1, 0.15) is 17.2 Å². The number of para-hydroxylation sites is 1. The maximum absolute atomic E-state index is 12.5. The zero-order valence-electron chi connectivity index (χ0n) is 29.3. The van der Waals surface area contributed by atoms with E-state index in [0.717, 1.165) is 61.7 Å². The lowest BCUT2D eigenvalue weighted by molar-refractivity contribution is -0.122. The Kier molecular flexibility index (Phi) is 15.7. The number of fused-ring (bicyclic) bond motifs is 1. The number of hydrogen-bond acceptors (Lipinski definition) is 14. The van der Waals surface area contributed by atoms with Crippen molar-refractivity contribution in [1.29, 1.82) is 0 Å². The maximum Gasteiger partial charge on any atom is 0.237 e. The van der Waals surface area contributed by atoms with Crippen LogP contribution >= 0.6 is 8.38 Å². The lowest BCUT2D eigenvalue weighted by Gasteiger charge is -2.22. The molecule has 1 fully saturated rings. The number of carbonyl (C=O) groups excluding carboxylic acids is 1. The monoisotopic (exact) mass is 724 g/mol. The van der Waals surface area contributed by atoms with Crippen LogP contribution in [0.5, 0.6) is 0 Å². The summed E-state index contributed by atoms with van der Waals surface area (Å²) in [6.45, 7) is 5.39. The fraction of sp³-hybridized carbons (Fsp3) is 0.606. The lowest BCUT2D eigenvalue weighted by atomic mass is 9.95. The third kappa shape index (κ3) is 13.3. The molecule has 1 aliphatic rings. The first-order valence-corrected chi connectivity index (χ1v) is 19.5. The van der Waals surface area contributed by atoms with E-state index in [1.165, 1.54) is 36.8 Å². The molecular weight excluding hydrogens is 671 g/mol. The molecule has 51 heavy (non-hydrogen) atoms. The quantitative estimate of drug-likeness (QED) is 0.0403. The van der Waals surface area contributed by atoms with Crippen molar-refractivity contribution in [1.82, 2.24) is 55.9 Å². The molecule has 0 aliphatic heterocycles. The predicted molar refractivity (Wildman–Crippen MR) is 198 cm³/mol. The van der Waals surface area contributed by atoms with Crippen molar-refractivity contribution in [3.63, 3.8) is 0 Å². The molecule has 3 heterocycles. The van der Waals surface area contributed by atoms with Gasteiger partial charge in [0.2, 0.25) is 11.9 Å². The van der Waals surface area contributed by atoms with Crippen molar-refractivity contribution in [2.75, 3.05) is 43.0 Å². The van der Waals surface area contributed by atoms with E-state index in [-0.39, 0.29) is 18.6 Å². The second kappa shape index (κ2) is 20.9. The van der Waals surface area contributed by atoms with E-state index in [4.69, 9.17) is 20.5 Å². The SMILES string of the molecule is N[C@@H](CCCNc1nc(NCc2cn(CCCNCCCNC3CCCCC3)nn2)nc2ccccc12)C(=O)NCc1cn(CCP(O)O)nn1. The van der Waals surface area contributed by atoms with E-state index < -0.39 is 14.4 Å². The fourth-order valence-electron chi connectivity index (χ4n) is 6.00. The van der Waals surface area contributed by atoms with Crippen LogP contribution < -0.4 is 32.3 Å². The van der Waals surface area contributed by atoms with E-state index in [2.05, 4.69) is 52.2 Å². The summed E-state index contributed by atoms with van der Waals surface area (Å²) in [5.74, 6) is 0.897. The Morgan fingerprint density at radius 2 is 1.63 bits per heavy atom. The number of aryl methyl sites for hydroxylation is 2. The van der Waals surface area contributed by atoms with Crippen molar-refractivity contribution in [2.45, 2.75) is 96.1 Å². The molecule has 3 aromatic heterocycles. The first kappa shape index (κ1) is 38.4. The number of rotatable bonds is 23. The topological polar surface area (TPSA) is 231 Å². The summed E-state index contributed by atoms with van der Waals surface area (Å²) in [7, 11) is -1.99. The first-order chi connectivity index (χ1) is 24.9. The van der Waals surface area contributed by atoms with Crippen LogP contribution in [0.15, 0.2) is 36.7 Å². The molecule has 0 radical (unpaired) electrons. The average molecular weight is 725 g/mol. The summed E-state index contributed by atoms with van der Waals surface area (Å²) in [6, 6.07) is 7.84. The van der Waals surface area contributed by atoms with Gasteiger partial charge in [-0.1, -0.05) is 41.8 Å². The smallest absolute Gasteiger partial charge is 0.237 e. The summed E-state index contributed by atoms with van der Waals surface area (Å²) in [4.78, 5) is 40.1. The van der Waals surface area contributed by atoms with Crippen LogP contribution in [0.25, 0.3) is 10.9 Å². The van der Waals surface area contributed by atoms with Crippen LogP contribution in [0.1, 0.15) is 69.2 Å². The van der Waals surface area contributed by atoms with Crippen LogP contribution in [0.4, 0.5) is 11.8 Å². The number of amides is 1.